The molecule has 0 spiro atoms. The Hall–Kier alpha value is -0.810. The third-order valence-electron chi connectivity index (χ3n) is 2.22. The van der Waals surface area contributed by atoms with Crippen molar-refractivity contribution in [3.8, 4) is 0 Å². The summed E-state index contributed by atoms with van der Waals surface area (Å²) in [5.74, 6) is 0. The van der Waals surface area contributed by atoms with Crippen LogP contribution in [0.5, 0.6) is 0 Å². The Morgan fingerprint density at radius 3 is 2.85 bits per heavy atom. The average molecular weight is 187 g/mol. The molecule has 0 saturated carbocycles. The summed E-state index contributed by atoms with van der Waals surface area (Å²) in [7, 11) is 1.78. The maximum absolute atomic E-state index is 11.4. The molecule has 1 saturated heterocycles. The normalized spacial score (nSPS) is 24.5. The fourth-order valence-corrected chi connectivity index (χ4v) is 1.27. The maximum Gasteiger partial charge on any atom is 0.318 e. The van der Waals surface area contributed by atoms with E-state index in [0.717, 1.165) is 0 Å². The van der Waals surface area contributed by atoms with Gasteiger partial charge < -0.3 is 20.6 Å². The zero-order valence-electron chi connectivity index (χ0n) is 8.08. The molecule has 0 aromatic heterocycles. The molecule has 0 radical (unpaired) electrons. The number of hydrogen-bond donors (Lipinski definition) is 3. The number of nitrogens with one attached hydrogen (secondary N) is 2. The van der Waals surface area contributed by atoms with Gasteiger partial charge in [0.15, 0.2) is 0 Å². The van der Waals surface area contributed by atoms with E-state index in [-0.39, 0.29) is 18.3 Å². The molecule has 1 fully saturated rings. The van der Waals surface area contributed by atoms with E-state index in [4.69, 9.17) is 0 Å². The highest BCUT2D eigenvalue weighted by atomic mass is 16.3. The number of urea groups is 1. The van der Waals surface area contributed by atoms with Gasteiger partial charge >= 0.3 is 6.03 Å². The van der Waals surface area contributed by atoms with Crippen molar-refractivity contribution in [2.45, 2.75) is 25.6 Å². The van der Waals surface area contributed by atoms with Gasteiger partial charge in [-0.2, -0.15) is 0 Å². The first-order valence-corrected chi connectivity index (χ1v) is 4.54. The summed E-state index contributed by atoms with van der Waals surface area (Å²) in [6.45, 7) is 2.95. The molecule has 5 nitrogen and oxygen atoms in total. The van der Waals surface area contributed by atoms with Gasteiger partial charge in [-0.15, -0.1) is 0 Å². The van der Waals surface area contributed by atoms with Crippen molar-refractivity contribution < 1.29 is 9.90 Å². The maximum atomic E-state index is 11.4. The second kappa shape index (κ2) is 4.43. The molecule has 0 aliphatic carbocycles. The van der Waals surface area contributed by atoms with Crippen LogP contribution in [0, 0.1) is 0 Å². The zero-order valence-corrected chi connectivity index (χ0v) is 8.08. The van der Waals surface area contributed by atoms with Crippen molar-refractivity contribution in [2.24, 2.45) is 0 Å². The Morgan fingerprint density at radius 1 is 1.69 bits per heavy atom. The lowest BCUT2D eigenvalue weighted by atomic mass is 10.3. The Kier molecular flexibility index (Phi) is 3.50. The molecule has 0 aromatic carbocycles. The molecule has 5 heteroatoms. The Balaban J connectivity index is 2.31. The number of β-amino-alcohol motifs (C(OH)–C–C–N with tert-alkyl or cyclic N) is 1. The van der Waals surface area contributed by atoms with Gasteiger partial charge in [-0.25, -0.2) is 4.79 Å². The van der Waals surface area contributed by atoms with Gasteiger partial charge in [0.25, 0.3) is 0 Å². The van der Waals surface area contributed by atoms with E-state index >= 15 is 0 Å². The first-order valence-electron chi connectivity index (χ1n) is 4.54. The number of amides is 2. The van der Waals surface area contributed by atoms with Gasteiger partial charge in [-0.3, -0.25) is 0 Å². The number of aliphatic hydroxyl groups excluding tert-OH is 1. The lowest BCUT2D eigenvalue weighted by Crippen LogP contribution is -2.47. The Morgan fingerprint density at radius 2 is 2.38 bits per heavy atom. The second-order valence-electron chi connectivity index (χ2n) is 3.35. The van der Waals surface area contributed by atoms with Crippen LogP contribution in [-0.4, -0.2) is 48.4 Å². The molecular formula is C8H17N3O2. The predicted octanol–water partition coefficient (Wildman–Crippen LogP) is -0.672. The molecule has 1 aliphatic heterocycles. The smallest absolute Gasteiger partial charge is 0.318 e. The van der Waals surface area contributed by atoms with Crippen molar-refractivity contribution in [1.29, 1.82) is 0 Å². The van der Waals surface area contributed by atoms with E-state index in [1.165, 1.54) is 0 Å². The highest BCUT2D eigenvalue weighted by molar-refractivity contribution is 5.74. The van der Waals surface area contributed by atoms with E-state index in [1.54, 1.807) is 11.9 Å². The minimum atomic E-state index is -0.351. The van der Waals surface area contributed by atoms with Crippen LogP contribution >= 0.6 is 0 Å². The van der Waals surface area contributed by atoms with Crippen LogP contribution < -0.4 is 10.6 Å². The number of likely N-dealkylation sites (tertiary alicyclic amines) is 1. The lowest BCUT2D eigenvalue weighted by molar-refractivity contribution is 0.170. The van der Waals surface area contributed by atoms with E-state index in [2.05, 4.69) is 10.6 Å². The number of carbonyl (C=O) groups is 1. The molecule has 2 amide bonds. The van der Waals surface area contributed by atoms with Gasteiger partial charge in [0.2, 0.25) is 0 Å². The van der Waals surface area contributed by atoms with Gasteiger partial charge in [0.1, 0.15) is 0 Å². The van der Waals surface area contributed by atoms with Crippen LogP contribution in [0.3, 0.4) is 0 Å². The summed E-state index contributed by atoms with van der Waals surface area (Å²) in [6, 6.07) is -0.113. The fraction of sp³-hybridized carbons (Fsp3) is 0.875. The average Bonchev–Trinajstić information content (AvgIpc) is 2.51. The van der Waals surface area contributed by atoms with Crippen molar-refractivity contribution in [3.05, 3.63) is 0 Å². The molecule has 76 valence electrons. The van der Waals surface area contributed by atoms with Gasteiger partial charge in [0, 0.05) is 13.1 Å². The molecule has 1 rings (SSSR count). The van der Waals surface area contributed by atoms with E-state index in [0.29, 0.717) is 19.5 Å². The topological polar surface area (TPSA) is 64.6 Å². The first-order chi connectivity index (χ1) is 6.13. The highest BCUT2D eigenvalue weighted by Crippen LogP contribution is 2.08. The number of rotatable bonds is 2. The predicted molar refractivity (Wildman–Crippen MR) is 49.3 cm³/mol. The molecule has 1 aliphatic rings. The van der Waals surface area contributed by atoms with Crippen LogP contribution in [0.15, 0.2) is 0 Å². The highest BCUT2D eigenvalue weighted by Gasteiger charge is 2.24. The fourth-order valence-electron chi connectivity index (χ4n) is 1.27. The molecule has 0 aromatic rings. The minimum absolute atomic E-state index is 0.0368. The second-order valence-corrected chi connectivity index (χ2v) is 3.35. The largest absolute Gasteiger partial charge is 0.391 e. The molecule has 0 bridgehead atoms. The molecular weight excluding hydrogens is 170 g/mol. The van der Waals surface area contributed by atoms with Crippen LogP contribution in [-0.2, 0) is 0 Å². The SMILES string of the molecule is CNC(C)NC(=O)N1CCC(O)C1. The van der Waals surface area contributed by atoms with Gasteiger partial charge in [0.05, 0.1) is 12.3 Å². The number of aliphatic hydroxyl groups is 1. The molecule has 13 heavy (non-hydrogen) atoms. The van der Waals surface area contributed by atoms with Crippen molar-refractivity contribution in [3.63, 3.8) is 0 Å². The standard InChI is InChI=1S/C8H17N3O2/c1-6(9-2)10-8(13)11-4-3-7(12)5-11/h6-7,9,12H,3-5H2,1-2H3,(H,10,13). The van der Waals surface area contributed by atoms with Crippen LogP contribution in [0.4, 0.5) is 4.79 Å². The summed E-state index contributed by atoms with van der Waals surface area (Å²) in [4.78, 5) is 13.0. The van der Waals surface area contributed by atoms with Crippen molar-refractivity contribution in [2.75, 3.05) is 20.1 Å². The van der Waals surface area contributed by atoms with Crippen molar-refractivity contribution >= 4 is 6.03 Å². The van der Waals surface area contributed by atoms with Gasteiger partial charge in [-0.05, 0) is 20.4 Å². The Labute approximate surface area is 78.1 Å². The summed E-state index contributed by atoms with van der Waals surface area (Å²) < 4.78 is 0. The minimum Gasteiger partial charge on any atom is -0.391 e. The molecule has 3 N–H and O–H groups in total. The Bertz CT molecular complexity index is 186. The number of carbonyl (C=O) groups excluding carboxylic acids is 1. The molecule has 2 atom stereocenters. The van der Waals surface area contributed by atoms with Crippen molar-refractivity contribution in [1.82, 2.24) is 15.5 Å². The summed E-state index contributed by atoms with van der Waals surface area (Å²) in [6.07, 6.45) is 0.294. The van der Waals surface area contributed by atoms with Gasteiger partial charge in [-0.1, -0.05) is 0 Å². The number of nitrogens with zero attached hydrogens (tertiary/aromatic N) is 1. The van der Waals surface area contributed by atoms with Crippen LogP contribution in [0.2, 0.25) is 0 Å². The quantitative estimate of drug-likeness (QED) is 0.502. The molecule has 1 heterocycles. The monoisotopic (exact) mass is 187 g/mol. The van der Waals surface area contributed by atoms with Crippen LogP contribution in [0.1, 0.15) is 13.3 Å². The summed E-state index contributed by atoms with van der Waals surface area (Å²) in [5, 5.41) is 14.9. The third kappa shape index (κ3) is 2.86. The third-order valence-corrected chi connectivity index (χ3v) is 2.22. The zero-order chi connectivity index (χ0) is 9.84. The van der Waals surface area contributed by atoms with Crippen LogP contribution in [0.25, 0.3) is 0 Å². The molecule has 2 unspecified atom stereocenters. The lowest BCUT2D eigenvalue weighted by Gasteiger charge is -2.19. The van der Waals surface area contributed by atoms with E-state index in [9.17, 15) is 9.90 Å². The van der Waals surface area contributed by atoms with E-state index in [1.807, 2.05) is 6.92 Å². The summed E-state index contributed by atoms with van der Waals surface area (Å²) in [5.41, 5.74) is 0. The van der Waals surface area contributed by atoms with E-state index < -0.39 is 0 Å². The summed E-state index contributed by atoms with van der Waals surface area (Å²) >= 11 is 0. The number of hydrogen-bond acceptors (Lipinski definition) is 3. The first kappa shape index (κ1) is 10.3.